The Morgan fingerprint density at radius 3 is 2.80 bits per heavy atom. The van der Waals surface area contributed by atoms with Crippen LogP contribution in [-0.4, -0.2) is 24.0 Å². The summed E-state index contributed by atoms with van der Waals surface area (Å²) in [4.78, 5) is 16.7. The molecule has 1 amide bonds. The summed E-state index contributed by atoms with van der Waals surface area (Å²) in [5.74, 6) is 1.86. The molecule has 1 aromatic heterocycles. The van der Waals surface area contributed by atoms with Crippen molar-refractivity contribution in [3.8, 4) is 0 Å². The Morgan fingerprint density at radius 1 is 1.40 bits per heavy atom. The quantitative estimate of drug-likeness (QED) is 0.886. The summed E-state index contributed by atoms with van der Waals surface area (Å²) in [5.41, 5.74) is 0.590. The Bertz CT molecular complexity index is 492. The fourth-order valence-electron chi connectivity index (χ4n) is 2.94. The van der Waals surface area contributed by atoms with Crippen molar-refractivity contribution >= 4 is 27.7 Å². The maximum atomic E-state index is 12.5. The maximum Gasteiger partial charge on any atom is 0.255 e. The van der Waals surface area contributed by atoms with Crippen molar-refractivity contribution in [1.29, 1.82) is 0 Å². The molecule has 20 heavy (non-hydrogen) atoms. The smallest absolute Gasteiger partial charge is 0.255 e. The van der Waals surface area contributed by atoms with Crippen LogP contribution in [0.5, 0.6) is 0 Å². The fraction of sp³-hybridized carbons (Fsp3) is 0.600. The topological polar surface area (TPSA) is 54.0 Å². The molecule has 0 aromatic carbocycles. The Morgan fingerprint density at radius 2 is 2.15 bits per heavy atom. The van der Waals surface area contributed by atoms with Crippen LogP contribution in [0.4, 0.5) is 5.82 Å². The standard InChI is InChI=1S/C15H22BrN3O/c1-9-4-5-13(10(2)6-9)19-15(20)12-7-11(16)8-18-14(12)17-3/h7-10,13H,4-6H2,1-3H3,(H,17,18)(H,19,20). The first-order valence-electron chi connectivity index (χ1n) is 7.15. The summed E-state index contributed by atoms with van der Waals surface area (Å²) in [5, 5.41) is 6.13. The average Bonchev–Trinajstić information content (AvgIpc) is 2.41. The second-order valence-corrected chi connectivity index (χ2v) is 6.69. The molecule has 1 saturated carbocycles. The van der Waals surface area contributed by atoms with E-state index in [1.54, 1.807) is 13.2 Å². The highest BCUT2D eigenvalue weighted by molar-refractivity contribution is 9.10. The largest absolute Gasteiger partial charge is 0.372 e. The van der Waals surface area contributed by atoms with Gasteiger partial charge in [0.05, 0.1) is 5.56 Å². The van der Waals surface area contributed by atoms with Gasteiger partial charge >= 0.3 is 0 Å². The first kappa shape index (κ1) is 15.3. The van der Waals surface area contributed by atoms with Gasteiger partial charge < -0.3 is 10.6 Å². The Balaban J connectivity index is 2.10. The van der Waals surface area contributed by atoms with E-state index >= 15 is 0 Å². The van der Waals surface area contributed by atoms with Gasteiger partial charge in [-0.05, 0) is 53.1 Å². The highest BCUT2D eigenvalue weighted by Gasteiger charge is 2.27. The number of pyridine rings is 1. The number of rotatable bonds is 3. The van der Waals surface area contributed by atoms with Crippen molar-refractivity contribution in [3.05, 3.63) is 22.3 Å². The minimum absolute atomic E-state index is 0.0467. The minimum Gasteiger partial charge on any atom is -0.372 e. The second-order valence-electron chi connectivity index (χ2n) is 5.78. The zero-order valence-electron chi connectivity index (χ0n) is 12.2. The summed E-state index contributed by atoms with van der Waals surface area (Å²) < 4.78 is 0.812. The number of amides is 1. The predicted octanol–water partition coefficient (Wildman–Crippen LogP) is 3.44. The molecule has 1 aromatic rings. The predicted molar refractivity (Wildman–Crippen MR) is 84.9 cm³/mol. The molecule has 2 rings (SSSR count). The SMILES string of the molecule is CNc1ncc(Br)cc1C(=O)NC1CCC(C)CC1C. The monoisotopic (exact) mass is 339 g/mol. The molecule has 1 aliphatic carbocycles. The van der Waals surface area contributed by atoms with Crippen molar-refractivity contribution < 1.29 is 4.79 Å². The first-order valence-corrected chi connectivity index (χ1v) is 7.94. The molecule has 1 fully saturated rings. The highest BCUT2D eigenvalue weighted by Crippen LogP contribution is 2.29. The number of anilines is 1. The van der Waals surface area contributed by atoms with Crippen LogP contribution in [0.1, 0.15) is 43.5 Å². The summed E-state index contributed by atoms with van der Waals surface area (Å²) >= 11 is 3.37. The van der Waals surface area contributed by atoms with Crippen LogP contribution in [0.15, 0.2) is 16.7 Å². The highest BCUT2D eigenvalue weighted by atomic mass is 79.9. The van der Waals surface area contributed by atoms with E-state index in [0.29, 0.717) is 17.3 Å². The molecule has 1 heterocycles. The Labute approximate surface area is 128 Å². The Kier molecular flexibility index (Phi) is 5.02. The molecule has 0 bridgehead atoms. The van der Waals surface area contributed by atoms with Gasteiger partial charge in [-0.1, -0.05) is 13.8 Å². The van der Waals surface area contributed by atoms with Crippen LogP contribution in [0.25, 0.3) is 0 Å². The molecule has 0 radical (unpaired) electrons. The molecule has 5 heteroatoms. The first-order chi connectivity index (χ1) is 9.51. The van der Waals surface area contributed by atoms with E-state index in [2.05, 4.69) is 45.4 Å². The van der Waals surface area contributed by atoms with Gasteiger partial charge in [0.25, 0.3) is 5.91 Å². The number of carbonyl (C=O) groups excluding carboxylic acids is 1. The maximum absolute atomic E-state index is 12.5. The molecule has 0 spiro atoms. The summed E-state index contributed by atoms with van der Waals surface area (Å²) in [6, 6.07) is 2.08. The summed E-state index contributed by atoms with van der Waals surface area (Å²) in [6.45, 7) is 4.50. The third-order valence-electron chi connectivity index (χ3n) is 4.08. The lowest BCUT2D eigenvalue weighted by Crippen LogP contribution is -2.42. The van der Waals surface area contributed by atoms with Gasteiger partial charge in [-0.2, -0.15) is 0 Å². The van der Waals surface area contributed by atoms with Gasteiger partial charge in [0.1, 0.15) is 5.82 Å². The molecule has 110 valence electrons. The zero-order valence-corrected chi connectivity index (χ0v) is 13.8. The van der Waals surface area contributed by atoms with Crippen LogP contribution in [-0.2, 0) is 0 Å². The van der Waals surface area contributed by atoms with Crippen molar-refractivity contribution in [1.82, 2.24) is 10.3 Å². The van der Waals surface area contributed by atoms with Crippen LogP contribution in [0.3, 0.4) is 0 Å². The Hall–Kier alpha value is -1.10. The molecular weight excluding hydrogens is 318 g/mol. The number of nitrogens with one attached hydrogen (secondary N) is 2. The van der Waals surface area contributed by atoms with Crippen LogP contribution in [0, 0.1) is 11.8 Å². The van der Waals surface area contributed by atoms with Crippen LogP contribution < -0.4 is 10.6 Å². The summed E-state index contributed by atoms with van der Waals surface area (Å²) in [6.07, 6.45) is 5.11. The van der Waals surface area contributed by atoms with E-state index < -0.39 is 0 Å². The second kappa shape index (κ2) is 6.57. The number of halogens is 1. The average molecular weight is 340 g/mol. The normalized spacial score (nSPS) is 26.1. The fourth-order valence-corrected chi connectivity index (χ4v) is 3.27. The summed E-state index contributed by atoms with van der Waals surface area (Å²) in [7, 11) is 1.78. The van der Waals surface area contributed by atoms with E-state index in [1.165, 1.54) is 12.8 Å². The van der Waals surface area contributed by atoms with Gasteiger partial charge in [-0.15, -0.1) is 0 Å². The lowest BCUT2D eigenvalue weighted by Gasteiger charge is -2.33. The van der Waals surface area contributed by atoms with E-state index in [1.807, 2.05) is 6.07 Å². The molecule has 0 aliphatic heterocycles. The third-order valence-corrected chi connectivity index (χ3v) is 4.52. The molecule has 1 aliphatic rings. The van der Waals surface area contributed by atoms with E-state index in [9.17, 15) is 4.79 Å². The van der Waals surface area contributed by atoms with Gasteiger partial charge in [0.15, 0.2) is 0 Å². The van der Waals surface area contributed by atoms with Crippen LogP contribution in [0.2, 0.25) is 0 Å². The third kappa shape index (κ3) is 3.51. The van der Waals surface area contributed by atoms with Gasteiger partial charge in [0.2, 0.25) is 0 Å². The zero-order chi connectivity index (χ0) is 14.7. The van der Waals surface area contributed by atoms with Gasteiger partial charge in [-0.25, -0.2) is 4.98 Å². The van der Waals surface area contributed by atoms with Gasteiger partial charge in [-0.3, -0.25) is 4.79 Å². The number of hydrogen-bond acceptors (Lipinski definition) is 3. The van der Waals surface area contributed by atoms with E-state index in [0.717, 1.165) is 16.8 Å². The van der Waals surface area contributed by atoms with Gasteiger partial charge in [0, 0.05) is 23.8 Å². The van der Waals surface area contributed by atoms with Crippen LogP contribution >= 0.6 is 15.9 Å². The number of carbonyl (C=O) groups is 1. The molecule has 3 unspecified atom stereocenters. The molecule has 4 nitrogen and oxygen atoms in total. The molecular formula is C15H22BrN3O. The number of nitrogens with zero attached hydrogens (tertiary/aromatic N) is 1. The van der Waals surface area contributed by atoms with Crippen molar-refractivity contribution in [2.24, 2.45) is 11.8 Å². The lowest BCUT2D eigenvalue weighted by atomic mass is 9.80. The molecule has 2 N–H and O–H groups in total. The van der Waals surface area contributed by atoms with Crippen molar-refractivity contribution in [3.63, 3.8) is 0 Å². The lowest BCUT2D eigenvalue weighted by molar-refractivity contribution is 0.0900. The number of aromatic nitrogens is 1. The van der Waals surface area contributed by atoms with E-state index in [4.69, 9.17) is 0 Å². The molecule has 0 saturated heterocycles. The van der Waals surface area contributed by atoms with Crippen molar-refractivity contribution in [2.75, 3.05) is 12.4 Å². The molecule has 3 atom stereocenters. The minimum atomic E-state index is -0.0467. The van der Waals surface area contributed by atoms with Crippen molar-refractivity contribution in [2.45, 2.75) is 39.2 Å². The number of hydrogen-bond donors (Lipinski definition) is 2. The van der Waals surface area contributed by atoms with E-state index in [-0.39, 0.29) is 11.9 Å².